The molecule has 0 saturated carbocycles. The number of ether oxygens (including phenoxy) is 2. The van der Waals surface area contributed by atoms with Gasteiger partial charge in [0.05, 0.1) is 12.7 Å². The maximum atomic E-state index is 13.1. The van der Waals surface area contributed by atoms with E-state index >= 15 is 0 Å². The maximum Gasteiger partial charge on any atom is 0.420 e. The molecule has 1 rings (SSSR count). The number of nitrogens with one attached hydrogen (secondary N) is 1. The van der Waals surface area contributed by atoms with E-state index in [1.54, 1.807) is 13.8 Å². The summed E-state index contributed by atoms with van der Waals surface area (Å²) in [4.78, 5) is 12.5. The summed E-state index contributed by atoms with van der Waals surface area (Å²) in [5.74, 6) is -0.754. The van der Waals surface area contributed by atoms with Gasteiger partial charge in [0.2, 0.25) is 0 Å². The fraction of sp³-hybridized carbons (Fsp3) is 0.588. The molecular weight excluding hydrogens is 323 g/mol. The third-order valence-electron chi connectivity index (χ3n) is 3.71. The minimum atomic E-state index is -4.57. The number of methoxy groups -OCH3 is 1. The SMILES string of the molecule is CCCC[C@@](C)(OCC)C(=O)Nc1ccc(OC)c(C(F)(F)F)c1. The topological polar surface area (TPSA) is 47.6 Å². The van der Waals surface area contributed by atoms with Crippen LogP contribution in [0.2, 0.25) is 0 Å². The van der Waals surface area contributed by atoms with Gasteiger partial charge in [-0.25, -0.2) is 0 Å². The lowest BCUT2D eigenvalue weighted by atomic mass is 9.97. The highest BCUT2D eigenvalue weighted by atomic mass is 19.4. The number of carbonyl (C=O) groups excluding carboxylic acids is 1. The number of carbonyl (C=O) groups is 1. The van der Waals surface area contributed by atoms with Crippen molar-refractivity contribution < 1.29 is 27.4 Å². The molecule has 1 aromatic rings. The van der Waals surface area contributed by atoms with Crippen LogP contribution < -0.4 is 10.1 Å². The monoisotopic (exact) mass is 347 g/mol. The Bertz CT molecular complexity index is 561. The molecule has 0 fully saturated rings. The molecule has 0 spiro atoms. The van der Waals surface area contributed by atoms with Gasteiger partial charge in [-0.3, -0.25) is 4.79 Å². The van der Waals surface area contributed by atoms with E-state index in [9.17, 15) is 18.0 Å². The van der Waals surface area contributed by atoms with Crippen molar-refractivity contribution in [2.24, 2.45) is 0 Å². The smallest absolute Gasteiger partial charge is 0.420 e. The van der Waals surface area contributed by atoms with Crippen molar-refractivity contribution in [3.8, 4) is 5.75 Å². The largest absolute Gasteiger partial charge is 0.496 e. The Morgan fingerprint density at radius 1 is 1.25 bits per heavy atom. The predicted molar refractivity (Wildman–Crippen MR) is 86.2 cm³/mol. The van der Waals surface area contributed by atoms with Crippen LogP contribution in [-0.4, -0.2) is 25.2 Å². The number of amides is 1. The second-order valence-electron chi connectivity index (χ2n) is 5.63. The lowest BCUT2D eigenvalue weighted by Crippen LogP contribution is -2.42. The molecule has 0 aliphatic heterocycles. The average Bonchev–Trinajstić information content (AvgIpc) is 2.52. The van der Waals surface area contributed by atoms with Gasteiger partial charge in [-0.1, -0.05) is 19.8 Å². The highest BCUT2D eigenvalue weighted by Crippen LogP contribution is 2.38. The van der Waals surface area contributed by atoms with Crippen LogP contribution in [0.1, 0.15) is 45.6 Å². The molecule has 0 unspecified atom stereocenters. The summed E-state index contributed by atoms with van der Waals surface area (Å²) in [5.41, 5.74) is -1.96. The Morgan fingerprint density at radius 3 is 2.42 bits per heavy atom. The van der Waals surface area contributed by atoms with Crippen molar-refractivity contribution in [3.05, 3.63) is 23.8 Å². The van der Waals surface area contributed by atoms with Crippen LogP contribution >= 0.6 is 0 Å². The van der Waals surface area contributed by atoms with Gasteiger partial charge in [0.1, 0.15) is 11.4 Å². The van der Waals surface area contributed by atoms with E-state index < -0.39 is 23.2 Å². The number of hydrogen-bond acceptors (Lipinski definition) is 3. The van der Waals surface area contributed by atoms with Crippen LogP contribution in [0.4, 0.5) is 18.9 Å². The lowest BCUT2D eigenvalue weighted by molar-refractivity contribution is -0.140. The molecule has 1 N–H and O–H groups in total. The molecule has 0 aliphatic carbocycles. The van der Waals surface area contributed by atoms with Crippen LogP contribution in [0.3, 0.4) is 0 Å². The number of hydrogen-bond donors (Lipinski definition) is 1. The molecule has 7 heteroatoms. The van der Waals surface area contributed by atoms with Crippen molar-refractivity contribution in [3.63, 3.8) is 0 Å². The molecule has 24 heavy (non-hydrogen) atoms. The number of alkyl halides is 3. The van der Waals surface area contributed by atoms with E-state index in [0.29, 0.717) is 13.0 Å². The molecule has 1 aromatic carbocycles. The average molecular weight is 347 g/mol. The molecule has 0 radical (unpaired) electrons. The third-order valence-corrected chi connectivity index (χ3v) is 3.71. The van der Waals surface area contributed by atoms with Gasteiger partial charge in [0.25, 0.3) is 5.91 Å². The van der Waals surface area contributed by atoms with Crippen LogP contribution in [0.25, 0.3) is 0 Å². The number of rotatable bonds is 8. The van der Waals surface area contributed by atoms with E-state index in [4.69, 9.17) is 9.47 Å². The number of halogens is 3. The summed E-state index contributed by atoms with van der Waals surface area (Å²) in [7, 11) is 1.17. The van der Waals surface area contributed by atoms with E-state index in [0.717, 1.165) is 18.9 Å². The van der Waals surface area contributed by atoms with Gasteiger partial charge < -0.3 is 14.8 Å². The second-order valence-corrected chi connectivity index (χ2v) is 5.63. The zero-order chi connectivity index (χ0) is 18.4. The van der Waals surface area contributed by atoms with E-state index in [2.05, 4.69) is 5.32 Å². The van der Waals surface area contributed by atoms with Crippen LogP contribution in [0, 0.1) is 0 Å². The Labute approximate surface area is 140 Å². The molecule has 136 valence electrons. The van der Waals surface area contributed by atoms with Gasteiger partial charge in [0.15, 0.2) is 0 Å². The van der Waals surface area contributed by atoms with E-state index in [1.807, 2.05) is 6.92 Å². The Hall–Kier alpha value is -1.76. The minimum absolute atomic E-state index is 0.0514. The lowest BCUT2D eigenvalue weighted by Gasteiger charge is -2.28. The molecule has 1 amide bonds. The number of anilines is 1. The number of benzene rings is 1. The molecular formula is C17H24F3NO3. The van der Waals surface area contributed by atoms with Crippen molar-refractivity contribution in [2.45, 2.75) is 51.8 Å². The first-order valence-corrected chi connectivity index (χ1v) is 7.88. The molecule has 0 aromatic heterocycles. The number of unbranched alkanes of at least 4 members (excludes halogenated alkanes) is 1. The highest BCUT2D eigenvalue weighted by Gasteiger charge is 2.36. The molecule has 0 bridgehead atoms. The van der Waals surface area contributed by atoms with Crippen LogP contribution in [-0.2, 0) is 15.7 Å². The quantitative estimate of drug-likeness (QED) is 0.745. The van der Waals surface area contributed by atoms with Crippen LogP contribution in [0.5, 0.6) is 5.75 Å². The van der Waals surface area contributed by atoms with Gasteiger partial charge in [-0.15, -0.1) is 0 Å². The maximum absolute atomic E-state index is 13.1. The van der Waals surface area contributed by atoms with E-state index in [-0.39, 0.29) is 11.4 Å². The summed E-state index contributed by atoms with van der Waals surface area (Å²) in [6, 6.07) is 3.42. The first kappa shape index (κ1) is 20.3. The van der Waals surface area contributed by atoms with Gasteiger partial charge in [0, 0.05) is 12.3 Å². The predicted octanol–water partition coefficient (Wildman–Crippen LogP) is 4.64. The molecule has 1 atom stereocenters. The zero-order valence-electron chi connectivity index (χ0n) is 14.4. The van der Waals surface area contributed by atoms with E-state index in [1.165, 1.54) is 19.2 Å². The summed E-state index contributed by atoms with van der Waals surface area (Å²) in [5, 5.41) is 2.52. The fourth-order valence-electron chi connectivity index (χ4n) is 2.35. The third kappa shape index (κ3) is 5.12. The first-order valence-electron chi connectivity index (χ1n) is 7.88. The Kier molecular flexibility index (Phi) is 7.08. The van der Waals surface area contributed by atoms with Crippen molar-refractivity contribution in [2.75, 3.05) is 19.0 Å². The van der Waals surface area contributed by atoms with Gasteiger partial charge in [-0.05, 0) is 38.5 Å². The van der Waals surface area contributed by atoms with Crippen molar-refractivity contribution in [1.82, 2.24) is 0 Å². The summed E-state index contributed by atoms with van der Waals surface area (Å²) >= 11 is 0. The molecule has 0 aliphatic rings. The standard InChI is InChI=1S/C17H24F3NO3/c1-5-7-10-16(3,24-6-2)15(22)21-12-8-9-14(23-4)13(11-12)17(18,19)20/h8-9,11H,5-7,10H2,1-4H3,(H,21,22)/t16-/m1/s1. The highest BCUT2D eigenvalue weighted by molar-refractivity contribution is 5.97. The molecule has 0 heterocycles. The van der Waals surface area contributed by atoms with Crippen molar-refractivity contribution in [1.29, 1.82) is 0 Å². The van der Waals surface area contributed by atoms with Crippen molar-refractivity contribution >= 4 is 11.6 Å². The summed E-state index contributed by atoms with van der Waals surface area (Å²) in [6.45, 7) is 5.75. The first-order chi connectivity index (χ1) is 11.2. The van der Waals surface area contributed by atoms with Gasteiger partial charge >= 0.3 is 6.18 Å². The Balaban J connectivity index is 3.04. The normalized spacial score (nSPS) is 14.1. The fourth-order valence-corrected chi connectivity index (χ4v) is 2.35. The Morgan fingerprint density at radius 2 is 1.92 bits per heavy atom. The van der Waals surface area contributed by atoms with Gasteiger partial charge in [-0.2, -0.15) is 13.2 Å². The summed E-state index contributed by atoms with van der Waals surface area (Å²) in [6.07, 6.45) is -2.42. The zero-order valence-corrected chi connectivity index (χ0v) is 14.4. The second kappa shape index (κ2) is 8.37. The molecule has 4 nitrogen and oxygen atoms in total. The summed E-state index contributed by atoms with van der Waals surface area (Å²) < 4.78 is 49.5. The molecule has 0 saturated heterocycles. The van der Waals surface area contributed by atoms with Crippen LogP contribution in [0.15, 0.2) is 18.2 Å². The minimum Gasteiger partial charge on any atom is -0.496 e.